The fraction of sp³-hybridized carbons (Fsp3) is 0.167. The van der Waals surface area contributed by atoms with E-state index in [1.165, 1.54) is 12.1 Å². The normalized spacial score (nSPS) is 10.7. The van der Waals surface area contributed by atoms with Gasteiger partial charge in [-0.25, -0.2) is 4.39 Å². The second-order valence-corrected chi connectivity index (χ2v) is 4.05. The Labute approximate surface area is 93.1 Å². The first-order valence-electron chi connectivity index (χ1n) is 4.66. The van der Waals surface area contributed by atoms with Crippen molar-refractivity contribution in [2.24, 2.45) is 7.05 Å². The summed E-state index contributed by atoms with van der Waals surface area (Å²) in [6.07, 6.45) is 3.99. The van der Waals surface area contributed by atoms with Crippen LogP contribution in [0.4, 0.5) is 4.39 Å². The van der Waals surface area contributed by atoms with Crippen molar-refractivity contribution in [3.05, 3.63) is 47.0 Å². The topological polar surface area (TPSA) is 4.93 Å². The quantitative estimate of drug-likeness (QED) is 0.693. The first-order valence-corrected chi connectivity index (χ1v) is 5.03. The Morgan fingerprint density at radius 1 is 1.20 bits per heavy atom. The van der Waals surface area contributed by atoms with E-state index in [0.717, 1.165) is 16.7 Å². The highest BCUT2D eigenvalue weighted by Gasteiger charge is 2.08. The average Bonchev–Trinajstić information content (AvgIpc) is 2.45. The third-order valence-corrected chi connectivity index (χ3v) is 2.69. The monoisotopic (exact) mass is 223 g/mol. The van der Waals surface area contributed by atoms with E-state index in [9.17, 15) is 4.39 Å². The van der Waals surface area contributed by atoms with E-state index in [2.05, 4.69) is 0 Å². The Hall–Kier alpha value is -1.28. The van der Waals surface area contributed by atoms with Crippen molar-refractivity contribution in [2.45, 2.75) is 6.92 Å². The van der Waals surface area contributed by atoms with Crippen molar-refractivity contribution in [3.8, 4) is 11.1 Å². The predicted octanol–water partition coefficient (Wildman–Crippen LogP) is 3.79. The van der Waals surface area contributed by atoms with Crippen molar-refractivity contribution < 1.29 is 4.39 Å². The lowest BCUT2D eigenvalue weighted by molar-refractivity contribution is 0.628. The third kappa shape index (κ3) is 1.90. The van der Waals surface area contributed by atoms with Crippen LogP contribution in [-0.2, 0) is 7.05 Å². The Balaban J connectivity index is 2.59. The van der Waals surface area contributed by atoms with E-state index in [1.807, 2.05) is 30.9 Å². The van der Waals surface area contributed by atoms with Gasteiger partial charge in [-0.2, -0.15) is 0 Å². The zero-order valence-corrected chi connectivity index (χ0v) is 9.35. The molecule has 1 heterocycles. The summed E-state index contributed by atoms with van der Waals surface area (Å²) >= 11 is 6.00. The maximum atomic E-state index is 12.9. The van der Waals surface area contributed by atoms with E-state index in [4.69, 9.17) is 11.6 Å². The first kappa shape index (κ1) is 10.2. The number of halogens is 2. The highest BCUT2D eigenvalue weighted by molar-refractivity contribution is 6.33. The van der Waals surface area contributed by atoms with Gasteiger partial charge in [0.25, 0.3) is 0 Å². The van der Waals surface area contributed by atoms with Gasteiger partial charge in [-0.1, -0.05) is 11.6 Å². The first-order chi connectivity index (χ1) is 7.08. The molecule has 15 heavy (non-hydrogen) atoms. The largest absolute Gasteiger partial charge is 0.356 e. The molecule has 3 heteroatoms. The fourth-order valence-electron chi connectivity index (χ4n) is 1.71. The summed E-state index contributed by atoms with van der Waals surface area (Å²) in [6.45, 7) is 2.01. The molecule has 1 aromatic heterocycles. The molecule has 2 aromatic rings. The predicted molar refractivity (Wildman–Crippen MR) is 60.6 cm³/mol. The van der Waals surface area contributed by atoms with Crippen LogP contribution in [0.1, 0.15) is 5.56 Å². The molecular formula is C12H11ClFN. The van der Waals surface area contributed by atoms with E-state index < -0.39 is 0 Å². The van der Waals surface area contributed by atoms with Crippen LogP contribution in [0.15, 0.2) is 30.6 Å². The van der Waals surface area contributed by atoms with Crippen molar-refractivity contribution in [3.63, 3.8) is 0 Å². The number of rotatable bonds is 1. The lowest BCUT2D eigenvalue weighted by Gasteiger charge is -2.03. The summed E-state index contributed by atoms with van der Waals surface area (Å²) in [7, 11) is 1.95. The standard InChI is InChI=1S/C12H11ClFN/c1-8-6-15(2)7-11(8)10-4-3-9(14)5-12(10)13/h3-7H,1-2H3. The van der Waals surface area contributed by atoms with Gasteiger partial charge in [0.1, 0.15) is 5.82 Å². The van der Waals surface area contributed by atoms with Gasteiger partial charge in [0.2, 0.25) is 0 Å². The zero-order valence-electron chi connectivity index (χ0n) is 8.59. The number of nitrogens with zero attached hydrogens (tertiary/aromatic N) is 1. The molecule has 2 rings (SSSR count). The van der Waals surface area contributed by atoms with E-state index in [0.29, 0.717) is 5.02 Å². The molecule has 0 amide bonds. The minimum Gasteiger partial charge on any atom is -0.356 e. The van der Waals surface area contributed by atoms with Crippen LogP contribution in [0.5, 0.6) is 0 Å². The molecule has 1 aromatic carbocycles. The Morgan fingerprint density at radius 3 is 2.47 bits per heavy atom. The molecule has 0 aliphatic carbocycles. The van der Waals surface area contributed by atoms with Gasteiger partial charge in [-0.3, -0.25) is 0 Å². The van der Waals surface area contributed by atoms with Gasteiger partial charge in [0, 0.05) is 30.6 Å². The summed E-state index contributed by atoms with van der Waals surface area (Å²) in [5.74, 6) is -0.308. The van der Waals surface area contributed by atoms with Gasteiger partial charge >= 0.3 is 0 Å². The summed E-state index contributed by atoms with van der Waals surface area (Å²) < 4.78 is 14.8. The second kappa shape index (κ2) is 3.70. The molecule has 0 saturated carbocycles. The Kier molecular flexibility index (Phi) is 2.53. The van der Waals surface area contributed by atoms with Crippen LogP contribution < -0.4 is 0 Å². The van der Waals surface area contributed by atoms with E-state index >= 15 is 0 Å². The summed E-state index contributed by atoms with van der Waals surface area (Å²) in [4.78, 5) is 0. The van der Waals surface area contributed by atoms with Crippen LogP contribution in [0.25, 0.3) is 11.1 Å². The summed E-state index contributed by atoms with van der Waals surface area (Å²) in [6, 6.07) is 4.47. The highest BCUT2D eigenvalue weighted by Crippen LogP contribution is 2.31. The molecule has 1 nitrogen and oxygen atoms in total. The maximum Gasteiger partial charge on any atom is 0.124 e. The van der Waals surface area contributed by atoms with Crippen LogP contribution in [0, 0.1) is 12.7 Å². The third-order valence-electron chi connectivity index (χ3n) is 2.38. The number of aryl methyl sites for hydroxylation is 2. The molecule has 0 atom stereocenters. The second-order valence-electron chi connectivity index (χ2n) is 3.64. The van der Waals surface area contributed by atoms with Crippen LogP contribution in [0.3, 0.4) is 0 Å². The van der Waals surface area contributed by atoms with Gasteiger partial charge in [-0.15, -0.1) is 0 Å². The number of benzene rings is 1. The molecule has 0 aliphatic heterocycles. The van der Waals surface area contributed by atoms with Crippen LogP contribution in [0.2, 0.25) is 5.02 Å². The smallest absolute Gasteiger partial charge is 0.124 e. The summed E-state index contributed by atoms with van der Waals surface area (Å²) in [5, 5.41) is 0.448. The number of aromatic nitrogens is 1. The van der Waals surface area contributed by atoms with E-state index in [-0.39, 0.29) is 5.82 Å². The molecular weight excluding hydrogens is 213 g/mol. The van der Waals surface area contributed by atoms with Gasteiger partial charge in [0.15, 0.2) is 0 Å². The van der Waals surface area contributed by atoms with Crippen molar-refractivity contribution >= 4 is 11.6 Å². The van der Waals surface area contributed by atoms with Gasteiger partial charge < -0.3 is 4.57 Å². The lowest BCUT2D eigenvalue weighted by Crippen LogP contribution is -1.82. The molecule has 0 aliphatic rings. The van der Waals surface area contributed by atoms with Crippen LogP contribution >= 0.6 is 11.6 Å². The van der Waals surface area contributed by atoms with Crippen molar-refractivity contribution in [2.75, 3.05) is 0 Å². The molecule has 0 bridgehead atoms. The fourth-order valence-corrected chi connectivity index (χ4v) is 1.98. The minimum absolute atomic E-state index is 0.308. The average molecular weight is 224 g/mol. The number of hydrogen-bond acceptors (Lipinski definition) is 0. The Bertz CT molecular complexity index is 502. The lowest BCUT2D eigenvalue weighted by atomic mass is 10.1. The number of hydrogen-bond donors (Lipinski definition) is 0. The molecule has 0 radical (unpaired) electrons. The molecule has 0 fully saturated rings. The Morgan fingerprint density at radius 2 is 1.93 bits per heavy atom. The van der Waals surface area contributed by atoms with Gasteiger partial charge in [-0.05, 0) is 30.7 Å². The molecule has 78 valence electrons. The SMILES string of the molecule is Cc1cn(C)cc1-c1ccc(F)cc1Cl. The zero-order chi connectivity index (χ0) is 11.0. The van der Waals surface area contributed by atoms with E-state index in [1.54, 1.807) is 6.07 Å². The molecule has 0 N–H and O–H groups in total. The molecule has 0 unspecified atom stereocenters. The van der Waals surface area contributed by atoms with Crippen molar-refractivity contribution in [1.82, 2.24) is 4.57 Å². The summed E-state index contributed by atoms with van der Waals surface area (Å²) in [5.41, 5.74) is 3.05. The van der Waals surface area contributed by atoms with Gasteiger partial charge in [0.05, 0.1) is 5.02 Å². The molecule has 0 spiro atoms. The van der Waals surface area contributed by atoms with Crippen molar-refractivity contribution in [1.29, 1.82) is 0 Å². The molecule has 0 saturated heterocycles. The maximum absolute atomic E-state index is 12.9. The minimum atomic E-state index is -0.308. The van der Waals surface area contributed by atoms with Crippen LogP contribution in [-0.4, -0.2) is 4.57 Å². The highest BCUT2D eigenvalue weighted by atomic mass is 35.5.